The van der Waals surface area contributed by atoms with E-state index in [1.54, 1.807) is 5.38 Å². The van der Waals surface area contributed by atoms with Crippen LogP contribution in [0.4, 0.5) is 0 Å². The van der Waals surface area contributed by atoms with E-state index in [-0.39, 0.29) is 6.42 Å². The topological polar surface area (TPSA) is 59.4 Å². The second-order valence-electron chi connectivity index (χ2n) is 5.12. The van der Waals surface area contributed by atoms with Gasteiger partial charge >= 0.3 is 5.97 Å². The van der Waals surface area contributed by atoms with E-state index in [0.717, 1.165) is 16.1 Å². The molecule has 3 aromatic rings. The number of aliphatic carboxylic acids is 1. The van der Waals surface area contributed by atoms with Gasteiger partial charge in [-0.1, -0.05) is 41.9 Å². The summed E-state index contributed by atoms with van der Waals surface area (Å²) in [5.41, 5.74) is 2.38. The maximum absolute atomic E-state index is 10.7. The van der Waals surface area contributed by atoms with Crippen LogP contribution >= 0.6 is 22.9 Å². The van der Waals surface area contributed by atoms with Crippen LogP contribution in [0.5, 0.6) is 5.75 Å². The van der Waals surface area contributed by atoms with Crippen LogP contribution in [0.25, 0.3) is 10.6 Å². The molecule has 0 amide bonds. The molecule has 0 aliphatic rings. The molecule has 2 aromatic carbocycles. The van der Waals surface area contributed by atoms with Gasteiger partial charge < -0.3 is 9.84 Å². The van der Waals surface area contributed by atoms with Crippen molar-refractivity contribution in [1.82, 2.24) is 4.98 Å². The van der Waals surface area contributed by atoms with E-state index in [1.807, 2.05) is 48.5 Å². The minimum atomic E-state index is -0.885. The van der Waals surface area contributed by atoms with Gasteiger partial charge in [0.05, 0.1) is 12.1 Å². The van der Waals surface area contributed by atoms with Gasteiger partial charge in [0.15, 0.2) is 0 Å². The lowest BCUT2D eigenvalue weighted by Crippen LogP contribution is -1.99. The molecule has 0 fully saturated rings. The highest BCUT2D eigenvalue weighted by atomic mass is 35.5. The number of hydrogen-bond donors (Lipinski definition) is 1. The second-order valence-corrected chi connectivity index (χ2v) is 6.39. The first-order valence-electron chi connectivity index (χ1n) is 7.24. The Kier molecular flexibility index (Phi) is 5.13. The minimum Gasteiger partial charge on any atom is -0.489 e. The predicted octanol–water partition coefficient (Wildman–Crippen LogP) is 4.67. The van der Waals surface area contributed by atoms with E-state index in [0.29, 0.717) is 23.1 Å². The number of thiazole rings is 1. The highest BCUT2D eigenvalue weighted by Crippen LogP contribution is 2.28. The molecule has 0 aliphatic heterocycles. The second kappa shape index (κ2) is 7.47. The largest absolute Gasteiger partial charge is 0.489 e. The van der Waals surface area contributed by atoms with Crippen molar-refractivity contribution in [3.8, 4) is 16.3 Å². The standard InChI is InChI=1S/C18H14ClNO3S/c19-16-7-2-1-4-13(16)10-23-15-6-3-5-12(8-15)18-20-14(11-24-18)9-17(21)22/h1-8,11H,9-10H2,(H,21,22). The summed E-state index contributed by atoms with van der Waals surface area (Å²) in [6.07, 6.45) is -0.0702. The van der Waals surface area contributed by atoms with Crippen LogP contribution in [0.2, 0.25) is 5.02 Å². The number of rotatable bonds is 6. The molecule has 4 nitrogen and oxygen atoms in total. The fraction of sp³-hybridized carbons (Fsp3) is 0.111. The molecule has 0 atom stereocenters. The number of hydrogen-bond acceptors (Lipinski definition) is 4. The number of nitrogens with zero attached hydrogens (tertiary/aromatic N) is 1. The van der Waals surface area contributed by atoms with E-state index < -0.39 is 5.97 Å². The summed E-state index contributed by atoms with van der Waals surface area (Å²) in [7, 11) is 0. The lowest BCUT2D eigenvalue weighted by atomic mass is 10.2. The average molecular weight is 360 g/mol. The third-order valence-corrected chi connectivity index (χ3v) is 4.63. The van der Waals surface area contributed by atoms with Crippen molar-refractivity contribution < 1.29 is 14.6 Å². The number of carbonyl (C=O) groups is 1. The third kappa shape index (κ3) is 4.13. The van der Waals surface area contributed by atoms with E-state index in [2.05, 4.69) is 4.98 Å². The van der Waals surface area contributed by atoms with Crippen LogP contribution in [0, 0.1) is 0 Å². The zero-order chi connectivity index (χ0) is 16.9. The molecule has 1 heterocycles. The molecule has 1 N–H and O–H groups in total. The molecule has 6 heteroatoms. The Morgan fingerprint density at radius 1 is 1.21 bits per heavy atom. The van der Waals surface area contributed by atoms with Crippen LogP contribution < -0.4 is 4.74 Å². The Labute approximate surface area is 148 Å². The number of carboxylic acid groups (broad SMARTS) is 1. The summed E-state index contributed by atoms with van der Waals surface area (Å²) in [4.78, 5) is 15.1. The Bertz CT molecular complexity index is 863. The van der Waals surface area contributed by atoms with Crippen LogP contribution in [-0.4, -0.2) is 16.1 Å². The normalized spacial score (nSPS) is 10.5. The van der Waals surface area contributed by atoms with Crippen LogP contribution in [0.15, 0.2) is 53.9 Å². The molecular formula is C18H14ClNO3S. The van der Waals surface area contributed by atoms with Crippen LogP contribution in [0.3, 0.4) is 0 Å². The Morgan fingerprint density at radius 3 is 2.83 bits per heavy atom. The molecule has 0 aliphatic carbocycles. The quantitative estimate of drug-likeness (QED) is 0.694. The number of carboxylic acids is 1. The Hall–Kier alpha value is -2.37. The van der Waals surface area contributed by atoms with Crippen molar-refractivity contribution in [3.63, 3.8) is 0 Å². The van der Waals surface area contributed by atoms with Gasteiger partial charge in [-0.15, -0.1) is 11.3 Å². The Morgan fingerprint density at radius 2 is 2.04 bits per heavy atom. The van der Waals surface area contributed by atoms with Crippen molar-refractivity contribution >= 4 is 28.9 Å². The number of halogens is 1. The predicted molar refractivity (Wildman–Crippen MR) is 94.7 cm³/mol. The van der Waals surface area contributed by atoms with Gasteiger partial charge in [0.1, 0.15) is 17.4 Å². The van der Waals surface area contributed by atoms with E-state index >= 15 is 0 Å². The summed E-state index contributed by atoms with van der Waals surface area (Å²) in [5, 5.41) is 12.0. The monoisotopic (exact) mass is 359 g/mol. The van der Waals surface area contributed by atoms with Crippen molar-refractivity contribution in [2.75, 3.05) is 0 Å². The van der Waals surface area contributed by atoms with Gasteiger partial charge in [0.25, 0.3) is 0 Å². The molecule has 24 heavy (non-hydrogen) atoms. The molecule has 0 unspecified atom stereocenters. The van der Waals surface area contributed by atoms with Gasteiger partial charge in [-0.25, -0.2) is 4.98 Å². The molecule has 0 radical (unpaired) electrons. The first-order chi connectivity index (χ1) is 11.6. The average Bonchev–Trinajstić information content (AvgIpc) is 3.02. The van der Waals surface area contributed by atoms with Crippen molar-refractivity contribution in [1.29, 1.82) is 0 Å². The lowest BCUT2D eigenvalue weighted by Gasteiger charge is -2.08. The first kappa shape index (κ1) is 16.5. The SMILES string of the molecule is O=C(O)Cc1csc(-c2cccc(OCc3ccccc3Cl)c2)n1. The van der Waals surface area contributed by atoms with E-state index in [9.17, 15) is 4.79 Å². The van der Waals surface area contributed by atoms with Gasteiger partial charge in [-0.05, 0) is 18.2 Å². The van der Waals surface area contributed by atoms with Crippen LogP contribution in [-0.2, 0) is 17.8 Å². The fourth-order valence-electron chi connectivity index (χ4n) is 2.17. The lowest BCUT2D eigenvalue weighted by molar-refractivity contribution is -0.136. The maximum Gasteiger partial charge on any atom is 0.309 e. The smallest absolute Gasteiger partial charge is 0.309 e. The minimum absolute atomic E-state index is 0.0702. The van der Waals surface area contributed by atoms with E-state index in [1.165, 1.54) is 11.3 Å². The third-order valence-electron chi connectivity index (χ3n) is 3.32. The number of aromatic nitrogens is 1. The molecule has 0 saturated heterocycles. The van der Waals surface area contributed by atoms with Crippen LogP contribution in [0.1, 0.15) is 11.3 Å². The first-order valence-corrected chi connectivity index (χ1v) is 8.50. The summed E-state index contributed by atoms with van der Waals surface area (Å²) in [5.74, 6) is -0.175. The van der Waals surface area contributed by atoms with Gasteiger partial charge in [-0.2, -0.15) is 0 Å². The number of benzene rings is 2. The molecule has 0 bridgehead atoms. The summed E-state index contributed by atoms with van der Waals surface area (Å²) < 4.78 is 5.80. The zero-order valence-electron chi connectivity index (χ0n) is 12.6. The van der Waals surface area contributed by atoms with E-state index in [4.69, 9.17) is 21.4 Å². The molecule has 0 spiro atoms. The van der Waals surface area contributed by atoms with Gasteiger partial charge in [-0.3, -0.25) is 4.79 Å². The molecular weight excluding hydrogens is 346 g/mol. The molecule has 0 saturated carbocycles. The van der Waals surface area contributed by atoms with Crippen molar-refractivity contribution in [2.45, 2.75) is 13.0 Å². The number of ether oxygens (including phenoxy) is 1. The van der Waals surface area contributed by atoms with Crippen molar-refractivity contribution in [3.05, 3.63) is 70.2 Å². The van der Waals surface area contributed by atoms with Gasteiger partial charge in [0, 0.05) is 21.5 Å². The van der Waals surface area contributed by atoms with Gasteiger partial charge in [0.2, 0.25) is 0 Å². The molecule has 1 aromatic heterocycles. The Balaban J connectivity index is 1.73. The maximum atomic E-state index is 10.7. The summed E-state index contributed by atoms with van der Waals surface area (Å²) >= 11 is 7.54. The zero-order valence-corrected chi connectivity index (χ0v) is 14.2. The molecule has 3 rings (SSSR count). The highest BCUT2D eigenvalue weighted by molar-refractivity contribution is 7.13. The molecule has 122 valence electrons. The summed E-state index contributed by atoms with van der Waals surface area (Å²) in [6, 6.07) is 15.1. The fourth-order valence-corrected chi connectivity index (χ4v) is 3.18. The van der Waals surface area contributed by atoms with Crippen molar-refractivity contribution in [2.24, 2.45) is 0 Å². The highest BCUT2D eigenvalue weighted by Gasteiger charge is 2.09. The summed E-state index contributed by atoms with van der Waals surface area (Å²) in [6.45, 7) is 0.380.